The molecule has 0 aliphatic rings. The van der Waals surface area contributed by atoms with Gasteiger partial charge in [-0.05, 0) is 37.0 Å². The highest BCUT2D eigenvalue weighted by Crippen LogP contribution is 2.14. The number of carbonyl (C=O) groups excluding carboxylic acids is 1. The molecule has 1 aromatic heterocycles. The molecule has 0 fully saturated rings. The lowest BCUT2D eigenvalue weighted by molar-refractivity contribution is 0.0934. The lowest BCUT2D eigenvalue weighted by Gasteiger charge is -2.17. The maximum absolute atomic E-state index is 12.7. The van der Waals surface area contributed by atoms with Gasteiger partial charge in [-0.15, -0.1) is 0 Å². The van der Waals surface area contributed by atoms with E-state index < -0.39 is 0 Å². The lowest BCUT2D eigenvalue weighted by Crippen LogP contribution is -2.39. The van der Waals surface area contributed by atoms with Crippen molar-refractivity contribution >= 4 is 16.7 Å². The molecule has 0 aliphatic carbocycles. The van der Waals surface area contributed by atoms with Gasteiger partial charge >= 0.3 is 0 Å². The molecule has 1 atom stereocenters. The van der Waals surface area contributed by atoms with Crippen molar-refractivity contribution in [3.8, 4) is 0 Å². The third-order valence-electron chi connectivity index (χ3n) is 4.48. The number of aromatic nitrogens is 2. The third-order valence-corrected chi connectivity index (χ3v) is 4.48. The Bertz CT molecular complexity index is 1010. The molecule has 1 amide bonds. The fraction of sp³-hybridized carbons (Fsp3) is 0.318. The minimum Gasteiger partial charge on any atom is -0.348 e. The van der Waals surface area contributed by atoms with Gasteiger partial charge in [0.2, 0.25) is 0 Å². The fourth-order valence-electron chi connectivity index (χ4n) is 3.22. The van der Waals surface area contributed by atoms with Gasteiger partial charge in [-0.1, -0.05) is 50.2 Å². The standard InChI is InChI=1S/C22H25N3O2/c1-15(2)12-17-8-4-6-10-19(17)21(26)24-16(3)14-25-22(27)20-11-7-5-9-18(20)13-23-25/h4-11,13,15-16H,12,14H2,1-3H3,(H,24,26)/t16-/m1/s1. The predicted octanol–water partition coefficient (Wildman–Crippen LogP) is 3.41. The molecule has 3 rings (SSSR count). The Morgan fingerprint density at radius 1 is 1.07 bits per heavy atom. The summed E-state index contributed by atoms with van der Waals surface area (Å²) >= 11 is 0. The Balaban J connectivity index is 1.75. The van der Waals surface area contributed by atoms with Crippen molar-refractivity contribution in [3.05, 3.63) is 76.2 Å². The van der Waals surface area contributed by atoms with Crippen LogP contribution in [-0.2, 0) is 13.0 Å². The van der Waals surface area contributed by atoms with Crippen molar-refractivity contribution in [1.29, 1.82) is 0 Å². The molecule has 0 radical (unpaired) electrons. The second-order valence-electron chi connectivity index (χ2n) is 7.35. The summed E-state index contributed by atoms with van der Waals surface area (Å²) in [6.45, 7) is 6.47. The number of benzene rings is 2. The zero-order valence-corrected chi connectivity index (χ0v) is 16.0. The highest BCUT2D eigenvalue weighted by molar-refractivity contribution is 5.95. The molecule has 5 nitrogen and oxygen atoms in total. The van der Waals surface area contributed by atoms with E-state index in [-0.39, 0.29) is 17.5 Å². The van der Waals surface area contributed by atoms with E-state index in [9.17, 15) is 9.59 Å². The molecule has 0 aliphatic heterocycles. The Hall–Kier alpha value is -2.95. The lowest BCUT2D eigenvalue weighted by atomic mass is 9.97. The first-order chi connectivity index (χ1) is 13.0. The summed E-state index contributed by atoms with van der Waals surface area (Å²) in [5.41, 5.74) is 1.59. The number of fused-ring (bicyclic) bond motifs is 1. The van der Waals surface area contributed by atoms with Crippen LogP contribution in [0.25, 0.3) is 10.8 Å². The van der Waals surface area contributed by atoms with Crippen LogP contribution in [-0.4, -0.2) is 21.7 Å². The summed E-state index contributed by atoms with van der Waals surface area (Å²) in [7, 11) is 0. The average molecular weight is 363 g/mol. The molecule has 0 spiro atoms. The summed E-state index contributed by atoms with van der Waals surface area (Å²) in [5, 5.41) is 8.68. The second kappa shape index (κ2) is 8.16. The van der Waals surface area contributed by atoms with E-state index in [1.54, 1.807) is 12.3 Å². The van der Waals surface area contributed by atoms with E-state index in [4.69, 9.17) is 0 Å². The van der Waals surface area contributed by atoms with Gasteiger partial charge in [0.25, 0.3) is 11.5 Å². The van der Waals surface area contributed by atoms with Crippen LogP contribution in [0.2, 0.25) is 0 Å². The summed E-state index contributed by atoms with van der Waals surface area (Å²) in [4.78, 5) is 25.3. The minimum absolute atomic E-state index is 0.118. The van der Waals surface area contributed by atoms with Crippen LogP contribution in [0.4, 0.5) is 0 Å². The van der Waals surface area contributed by atoms with Gasteiger partial charge in [0, 0.05) is 17.0 Å². The minimum atomic E-state index is -0.226. The predicted molar refractivity (Wildman–Crippen MR) is 108 cm³/mol. The molecule has 140 valence electrons. The van der Waals surface area contributed by atoms with Gasteiger partial charge in [-0.3, -0.25) is 9.59 Å². The van der Waals surface area contributed by atoms with Crippen molar-refractivity contribution in [2.45, 2.75) is 39.8 Å². The van der Waals surface area contributed by atoms with Crippen molar-refractivity contribution in [2.24, 2.45) is 5.92 Å². The number of nitrogens with one attached hydrogen (secondary N) is 1. The highest BCUT2D eigenvalue weighted by atomic mass is 16.2. The molecular formula is C22H25N3O2. The summed E-state index contributed by atoms with van der Waals surface area (Å²) in [5.74, 6) is 0.351. The molecule has 0 bridgehead atoms. The van der Waals surface area contributed by atoms with Gasteiger partial charge in [0.15, 0.2) is 0 Å². The Kier molecular flexibility index (Phi) is 5.69. The topological polar surface area (TPSA) is 64.0 Å². The molecular weight excluding hydrogens is 338 g/mol. The number of nitrogens with zero attached hydrogens (tertiary/aromatic N) is 2. The summed E-state index contributed by atoms with van der Waals surface area (Å²) in [6.07, 6.45) is 2.53. The molecule has 0 saturated carbocycles. The Morgan fingerprint density at radius 2 is 1.78 bits per heavy atom. The van der Waals surface area contributed by atoms with Crippen LogP contribution in [0.15, 0.2) is 59.5 Å². The van der Waals surface area contributed by atoms with Crippen molar-refractivity contribution in [1.82, 2.24) is 15.1 Å². The molecule has 3 aromatic rings. The van der Waals surface area contributed by atoms with E-state index in [2.05, 4.69) is 24.3 Å². The Morgan fingerprint density at radius 3 is 2.56 bits per heavy atom. The normalized spacial score (nSPS) is 12.3. The molecule has 1 N–H and O–H groups in total. The number of hydrogen-bond acceptors (Lipinski definition) is 3. The molecule has 27 heavy (non-hydrogen) atoms. The van der Waals surface area contributed by atoms with E-state index in [1.165, 1.54) is 4.68 Å². The highest BCUT2D eigenvalue weighted by Gasteiger charge is 2.15. The van der Waals surface area contributed by atoms with Crippen LogP contribution in [0.5, 0.6) is 0 Å². The van der Waals surface area contributed by atoms with Crippen molar-refractivity contribution in [2.75, 3.05) is 0 Å². The molecule has 5 heteroatoms. The summed E-state index contributed by atoms with van der Waals surface area (Å²) in [6, 6.07) is 14.8. The van der Waals surface area contributed by atoms with Crippen LogP contribution in [0.1, 0.15) is 36.7 Å². The van der Waals surface area contributed by atoms with Gasteiger partial charge in [0.1, 0.15) is 0 Å². The van der Waals surface area contributed by atoms with Crippen LogP contribution >= 0.6 is 0 Å². The Labute approximate surface area is 159 Å². The first kappa shape index (κ1) is 18.8. The number of rotatable bonds is 6. The second-order valence-corrected chi connectivity index (χ2v) is 7.35. The van der Waals surface area contributed by atoms with E-state index in [0.29, 0.717) is 23.4 Å². The van der Waals surface area contributed by atoms with E-state index in [0.717, 1.165) is 17.4 Å². The first-order valence-corrected chi connectivity index (χ1v) is 9.29. The number of carbonyl (C=O) groups is 1. The molecule has 0 saturated heterocycles. The van der Waals surface area contributed by atoms with Crippen LogP contribution < -0.4 is 10.9 Å². The number of amides is 1. The maximum atomic E-state index is 12.7. The molecule has 0 unspecified atom stereocenters. The van der Waals surface area contributed by atoms with Crippen molar-refractivity contribution < 1.29 is 4.79 Å². The third kappa shape index (κ3) is 4.42. The molecule has 1 heterocycles. The van der Waals surface area contributed by atoms with Gasteiger partial charge in [-0.25, -0.2) is 4.68 Å². The number of hydrogen-bond donors (Lipinski definition) is 1. The van der Waals surface area contributed by atoms with Gasteiger partial charge < -0.3 is 5.32 Å². The average Bonchev–Trinajstić information content (AvgIpc) is 2.64. The van der Waals surface area contributed by atoms with Gasteiger partial charge in [0.05, 0.1) is 18.1 Å². The summed E-state index contributed by atoms with van der Waals surface area (Å²) < 4.78 is 1.41. The maximum Gasteiger partial charge on any atom is 0.274 e. The zero-order valence-electron chi connectivity index (χ0n) is 16.0. The van der Waals surface area contributed by atoms with Crippen LogP contribution in [0, 0.1) is 5.92 Å². The van der Waals surface area contributed by atoms with E-state index in [1.807, 2.05) is 49.4 Å². The zero-order chi connectivity index (χ0) is 19.4. The molecule has 2 aromatic carbocycles. The SMILES string of the molecule is CC(C)Cc1ccccc1C(=O)N[C@H](C)Cn1ncc2ccccc2c1=O. The van der Waals surface area contributed by atoms with Crippen LogP contribution in [0.3, 0.4) is 0 Å². The van der Waals surface area contributed by atoms with Gasteiger partial charge in [-0.2, -0.15) is 5.10 Å². The quantitative estimate of drug-likeness (QED) is 0.730. The van der Waals surface area contributed by atoms with E-state index >= 15 is 0 Å². The first-order valence-electron chi connectivity index (χ1n) is 9.29. The fourth-order valence-corrected chi connectivity index (χ4v) is 3.22. The smallest absolute Gasteiger partial charge is 0.274 e. The largest absolute Gasteiger partial charge is 0.348 e. The monoisotopic (exact) mass is 363 g/mol. The van der Waals surface area contributed by atoms with Crippen molar-refractivity contribution in [3.63, 3.8) is 0 Å².